The van der Waals surface area contributed by atoms with Gasteiger partial charge in [-0.15, -0.1) is 0 Å². The zero-order valence-corrected chi connectivity index (χ0v) is 13.3. The molecule has 0 spiro atoms. The van der Waals surface area contributed by atoms with E-state index >= 15 is 0 Å². The summed E-state index contributed by atoms with van der Waals surface area (Å²) in [5.74, 6) is 0.419. The molecule has 0 unspecified atom stereocenters. The summed E-state index contributed by atoms with van der Waals surface area (Å²) in [5.41, 5.74) is 3.90. The molecule has 4 rings (SSSR count). The second kappa shape index (κ2) is 4.85. The number of likely N-dealkylation sites (tertiary alicyclic amines) is 1. The highest BCUT2D eigenvalue weighted by Crippen LogP contribution is 2.45. The average Bonchev–Trinajstić information content (AvgIpc) is 2.88. The normalized spacial score (nSPS) is 31.0. The first kappa shape index (κ1) is 13.8. The number of aromatic nitrogens is 1. The van der Waals surface area contributed by atoms with Gasteiger partial charge in [0.25, 0.3) is 0 Å². The van der Waals surface area contributed by atoms with Crippen LogP contribution in [-0.4, -0.2) is 41.6 Å². The molecule has 0 bridgehead atoms. The van der Waals surface area contributed by atoms with E-state index in [0.29, 0.717) is 12.0 Å². The van der Waals surface area contributed by atoms with Gasteiger partial charge in [0.05, 0.1) is 0 Å². The lowest BCUT2D eigenvalue weighted by Crippen LogP contribution is -2.55. The van der Waals surface area contributed by atoms with E-state index in [0.717, 1.165) is 13.0 Å². The van der Waals surface area contributed by atoms with Crippen molar-refractivity contribution >= 4 is 16.9 Å². The number of carbonyl (C=O) groups excluding carboxylic acids is 1. The molecule has 1 N–H and O–H groups in total. The van der Waals surface area contributed by atoms with E-state index in [2.05, 4.69) is 48.3 Å². The quantitative estimate of drug-likeness (QED) is 0.823. The summed E-state index contributed by atoms with van der Waals surface area (Å²) in [6.07, 6.45) is 3.12. The Morgan fingerprint density at radius 2 is 2.23 bits per heavy atom. The molecular formula is C18H22N2O2. The van der Waals surface area contributed by atoms with Crippen molar-refractivity contribution in [3.63, 3.8) is 0 Å². The SMILES string of the molecule is CC(=O)O[C@H]1[C@H]2c3cccc4[nH]cc(c34)C[C@H]2N(C)C[C@@H]1C. The maximum atomic E-state index is 11.6. The van der Waals surface area contributed by atoms with Gasteiger partial charge in [0.1, 0.15) is 6.10 Å². The van der Waals surface area contributed by atoms with E-state index in [1.54, 1.807) is 0 Å². The van der Waals surface area contributed by atoms with E-state index in [4.69, 9.17) is 4.74 Å². The Balaban J connectivity index is 1.88. The molecule has 1 aliphatic carbocycles. The number of rotatable bonds is 1. The van der Waals surface area contributed by atoms with Crippen LogP contribution in [0.2, 0.25) is 0 Å². The number of nitrogens with zero attached hydrogens (tertiary/aromatic N) is 1. The summed E-state index contributed by atoms with van der Waals surface area (Å²) in [4.78, 5) is 17.4. The number of likely N-dealkylation sites (N-methyl/N-ethyl adjacent to an activating group) is 1. The summed E-state index contributed by atoms with van der Waals surface area (Å²) in [7, 11) is 2.19. The van der Waals surface area contributed by atoms with Crippen molar-refractivity contribution < 1.29 is 9.53 Å². The maximum Gasteiger partial charge on any atom is 0.302 e. The van der Waals surface area contributed by atoms with E-state index in [1.807, 2.05) is 0 Å². The number of fused-ring (bicyclic) bond motifs is 2. The van der Waals surface area contributed by atoms with Crippen molar-refractivity contribution in [3.05, 3.63) is 35.5 Å². The van der Waals surface area contributed by atoms with Gasteiger partial charge in [-0.3, -0.25) is 4.79 Å². The van der Waals surface area contributed by atoms with Crippen LogP contribution in [0.3, 0.4) is 0 Å². The average molecular weight is 298 g/mol. The first-order valence-electron chi connectivity index (χ1n) is 8.02. The van der Waals surface area contributed by atoms with Crippen molar-refractivity contribution in [2.75, 3.05) is 13.6 Å². The molecule has 4 nitrogen and oxygen atoms in total. The van der Waals surface area contributed by atoms with Gasteiger partial charge in [-0.2, -0.15) is 0 Å². The van der Waals surface area contributed by atoms with Crippen molar-refractivity contribution in [3.8, 4) is 0 Å². The molecule has 2 aromatic rings. The summed E-state index contributed by atoms with van der Waals surface area (Å²) < 4.78 is 5.77. The van der Waals surface area contributed by atoms with Crippen LogP contribution in [0.15, 0.2) is 24.4 Å². The molecule has 116 valence electrons. The fraction of sp³-hybridized carbons (Fsp3) is 0.500. The third-order valence-corrected chi connectivity index (χ3v) is 5.38. The highest BCUT2D eigenvalue weighted by atomic mass is 16.5. The van der Waals surface area contributed by atoms with Crippen LogP contribution < -0.4 is 0 Å². The molecule has 22 heavy (non-hydrogen) atoms. The molecule has 1 aliphatic heterocycles. The van der Waals surface area contributed by atoms with Gasteiger partial charge in [0.15, 0.2) is 0 Å². The van der Waals surface area contributed by atoms with Crippen molar-refractivity contribution in [1.82, 2.24) is 9.88 Å². The van der Waals surface area contributed by atoms with Crippen LogP contribution in [0, 0.1) is 5.92 Å². The molecule has 4 atom stereocenters. The number of H-pyrrole nitrogens is 1. The van der Waals surface area contributed by atoms with E-state index in [9.17, 15) is 4.79 Å². The maximum absolute atomic E-state index is 11.6. The number of aromatic amines is 1. The fourth-order valence-corrected chi connectivity index (χ4v) is 4.54. The Kier molecular flexibility index (Phi) is 3.05. The van der Waals surface area contributed by atoms with Crippen molar-refractivity contribution in [2.45, 2.75) is 38.3 Å². The number of hydrogen-bond acceptors (Lipinski definition) is 3. The standard InChI is InChI=1S/C18H22N2O2/c1-10-9-20(3)15-7-12-8-19-14-6-4-5-13(16(12)14)17(15)18(10)22-11(2)21/h4-6,8,10,15,17-19H,7,9H2,1-3H3/t10-,15+,17-,18+/m0/s1. The largest absolute Gasteiger partial charge is 0.462 e. The fourth-order valence-electron chi connectivity index (χ4n) is 4.54. The van der Waals surface area contributed by atoms with Crippen molar-refractivity contribution in [2.24, 2.45) is 5.92 Å². The molecule has 2 heterocycles. The number of nitrogens with one attached hydrogen (secondary N) is 1. The minimum atomic E-state index is -0.174. The predicted molar refractivity (Wildman–Crippen MR) is 85.9 cm³/mol. The lowest BCUT2D eigenvalue weighted by Gasteiger charge is -2.48. The number of ether oxygens (including phenoxy) is 1. The van der Waals surface area contributed by atoms with Crippen LogP contribution in [0.5, 0.6) is 0 Å². The predicted octanol–water partition coefficient (Wildman–Crippen LogP) is 2.69. The first-order chi connectivity index (χ1) is 10.6. The molecule has 0 saturated carbocycles. The molecule has 1 fully saturated rings. The third kappa shape index (κ3) is 1.90. The van der Waals surface area contributed by atoms with Crippen LogP contribution in [0.1, 0.15) is 30.9 Å². The Morgan fingerprint density at radius 3 is 3.00 bits per heavy atom. The number of esters is 1. The van der Waals surface area contributed by atoms with Gasteiger partial charge < -0.3 is 14.6 Å². The van der Waals surface area contributed by atoms with E-state index < -0.39 is 0 Å². The summed E-state index contributed by atoms with van der Waals surface area (Å²) in [6, 6.07) is 6.83. The van der Waals surface area contributed by atoms with Crippen LogP contribution in [0.4, 0.5) is 0 Å². The Bertz CT molecular complexity index is 736. The summed E-state index contributed by atoms with van der Waals surface area (Å²) in [5, 5.41) is 1.34. The van der Waals surface area contributed by atoms with Gasteiger partial charge in [-0.05, 0) is 30.7 Å². The highest BCUT2D eigenvalue weighted by Gasteiger charge is 2.46. The van der Waals surface area contributed by atoms with Gasteiger partial charge in [-0.1, -0.05) is 19.1 Å². The Morgan fingerprint density at radius 1 is 1.41 bits per heavy atom. The topological polar surface area (TPSA) is 45.3 Å². The van der Waals surface area contributed by atoms with Crippen LogP contribution in [0.25, 0.3) is 10.9 Å². The molecule has 1 aromatic carbocycles. The lowest BCUT2D eigenvalue weighted by molar-refractivity contribution is -0.155. The van der Waals surface area contributed by atoms with E-state index in [1.165, 1.54) is 29.0 Å². The Labute approximate surface area is 130 Å². The monoisotopic (exact) mass is 298 g/mol. The second-order valence-electron chi connectivity index (χ2n) is 6.87. The number of hydrogen-bond donors (Lipinski definition) is 1. The molecule has 4 heteroatoms. The molecule has 0 radical (unpaired) electrons. The number of carbonyl (C=O) groups is 1. The molecule has 0 amide bonds. The van der Waals surface area contributed by atoms with Gasteiger partial charge >= 0.3 is 5.97 Å². The first-order valence-corrected chi connectivity index (χ1v) is 8.02. The smallest absolute Gasteiger partial charge is 0.302 e. The minimum absolute atomic E-state index is 0.0349. The zero-order chi connectivity index (χ0) is 15.4. The third-order valence-electron chi connectivity index (χ3n) is 5.38. The molecule has 2 aliphatic rings. The van der Waals surface area contributed by atoms with Crippen molar-refractivity contribution in [1.29, 1.82) is 0 Å². The number of benzene rings is 1. The molecular weight excluding hydrogens is 276 g/mol. The summed E-state index contributed by atoms with van der Waals surface area (Å²) >= 11 is 0. The van der Waals surface area contributed by atoms with E-state index in [-0.39, 0.29) is 18.0 Å². The van der Waals surface area contributed by atoms with Crippen LogP contribution in [-0.2, 0) is 16.0 Å². The minimum Gasteiger partial charge on any atom is -0.462 e. The van der Waals surface area contributed by atoms with Crippen LogP contribution >= 0.6 is 0 Å². The molecule has 1 aromatic heterocycles. The number of piperidine rings is 1. The lowest BCUT2D eigenvalue weighted by atomic mass is 9.71. The summed E-state index contributed by atoms with van der Waals surface area (Å²) in [6.45, 7) is 4.67. The Hall–Kier alpha value is -1.81. The van der Waals surface area contributed by atoms with Gasteiger partial charge in [0.2, 0.25) is 0 Å². The second-order valence-corrected chi connectivity index (χ2v) is 6.87. The molecule has 1 saturated heterocycles. The van der Waals surface area contributed by atoms with Gasteiger partial charge in [-0.25, -0.2) is 0 Å². The van der Waals surface area contributed by atoms with Gasteiger partial charge in [0, 0.05) is 48.4 Å². The highest BCUT2D eigenvalue weighted by molar-refractivity contribution is 5.88. The zero-order valence-electron chi connectivity index (χ0n) is 13.3.